The molecular weight excluding hydrogens is 334 g/mol. The molecule has 0 fully saturated rings. The maximum absolute atomic E-state index is 13.0. The van der Waals surface area contributed by atoms with E-state index < -0.39 is 0 Å². The van der Waals surface area contributed by atoms with E-state index in [1.54, 1.807) is 12.3 Å². The van der Waals surface area contributed by atoms with E-state index in [1.807, 2.05) is 91.0 Å². The van der Waals surface area contributed by atoms with Crippen LogP contribution in [-0.4, -0.2) is 15.9 Å². The van der Waals surface area contributed by atoms with Gasteiger partial charge >= 0.3 is 0 Å². The van der Waals surface area contributed by atoms with Gasteiger partial charge in [-0.1, -0.05) is 78.9 Å². The Morgan fingerprint density at radius 1 is 0.815 bits per heavy atom. The summed E-state index contributed by atoms with van der Waals surface area (Å²) in [5.74, 6) is 0.517. The average molecular weight is 351 g/mol. The first-order valence-electron chi connectivity index (χ1n) is 8.66. The lowest BCUT2D eigenvalue weighted by Crippen LogP contribution is -2.20. The minimum atomic E-state index is -0.191. The quantitative estimate of drug-likeness (QED) is 0.504. The van der Waals surface area contributed by atoms with Crippen molar-refractivity contribution in [2.45, 2.75) is 0 Å². The third-order valence-corrected chi connectivity index (χ3v) is 4.14. The molecule has 1 aromatic heterocycles. The first kappa shape index (κ1) is 16.7. The van der Waals surface area contributed by atoms with Crippen molar-refractivity contribution < 1.29 is 0 Å². The highest BCUT2D eigenvalue weighted by Crippen LogP contribution is 2.18. The Hall–Kier alpha value is -3.79. The molecule has 0 radical (unpaired) electrons. The van der Waals surface area contributed by atoms with Crippen LogP contribution >= 0.6 is 0 Å². The Balaban J connectivity index is 1.80. The normalized spacial score (nSPS) is 11.6. The first-order chi connectivity index (χ1) is 13.3. The molecule has 27 heavy (non-hydrogen) atoms. The number of hydrogen-bond donors (Lipinski definition) is 0. The Labute approximate surface area is 156 Å². The minimum Gasteiger partial charge on any atom is -0.267 e. The lowest BCUT2D eigenvalue weighted by molar-refractivity contribution is 0.830. The number of benzene rings is 3. The molecule has 130 valence electrons. The van der Waals surface area contributed by atoms with Gasteiger partial charge in [-0.15, -0.1) is 0 Å². The largest absolute Gasteiger partial charge is 0.282 e. The van der Waals surface area contributed by atoms with Crippen LogP contribution in [-0.2, 0) is 0 Å². The molecule has 4 nitrogen and oxygen atoms in total. The summed E-state index contributed by atoms with van der Waals surface area (Å²) < 4.78 is 1.35. The zero-order valence-electron chi connectivity index (χ0n) is 14.6. The molecule has 0 bridgehead atoms. The van der Waals surface area contributed by atoms with Crippen LogP contribution in [0.4, 0.5) is 0 Å². The Morgan fingerprint density at radius 2 is 1.48 bits per heavy atom. The number of nitrogens with zero attached hydrogens (tertiary/aromatic N) is 3. The molecule has 0 unspecified atom stereocenters. The second kappa shape index (κ2) is 7.62. The number of rotatable bonds is 4. The molecule has 4 rings (SSSR count). The molecular formula is C23H17N3O. The predicted octanol–water partition coefficient (Wildman–Crippen LogP) is 4.61. The second-order valence-electron chi connectivity index (χ2n) is 5.97. The van der Waals surface area contributed by atoms with E-state index in [1.165, 1.54) is 4.68 Å². The summed E-state index contributed by atoms with van der Waals surface area (Å²) in [6.45, 7) is 0. The standard InChI is InChI=1S/C23H17N3O/c27-23-20-15-7-8-16-21(20)25-22(19-13-5-2-6-14-19)26(23)24-17-9-12-18-10-3-1-4-11-18/h1-17H/b12-9+,24-17?. The predicted molar refractivity (Wildman–Crippen MR) is 111 cm³/mol. The molecule has 0 atom stereocenters. The number of hydrogen-bond acceptors (Lipinski definition) is 3. The van der Waals surface area contributed by atoms with Gasteiger partial charge in [0.05, 0.1) is 10.9 Å². The van der Waals surface area contributed by atoms with E-state index in [0.29, 0.717) is 16.7 Å². The van der Waals surface area contributed by atoms with Crippen molar-refractivity contribution in [2.24, 2.45) is 5.10 Å². The summed E-state index contributed by atoms with van der Waals surface area (Å²) in [6, 6.07) is 26.8. The fourth-order valence-corrected chi connectivity index (χ4v) is 2.83. The summed E-state index contributed by atoms with van der Waals surface area (Å²) in [6.07, 6.45) is 5.36. The van der Waals surface area contributed by atoms with Gasteiger partial charge in [-0.2, -0.15) is 9.78 Å². The summed E-state index contributed by atoms with van der Waals surface area (Å²) in [4.78, 5) is 17.6. The first-order valence-corrected chi connectivity index (χ1v) is 8.66. The van der Waals surface area contributed by atoms with Crippen LogP contribution in [0.3, 0.4) is 0 Å². The van der Waals surface area contributed by atoms with Gasteiger partial charge in [0.15, 0.2) is 5.82 Å². The lowest BCUT2D eigenvalue weighted by Gasteiger charge is -2.08. The van der Waals surface area contributed by atoms with Gasteiger partial charge in [-0.25, -0.2) is 4.98 Å². The summed E-state index contributed by atoms with van der Waals surface area (Å²) in [7, 11) is 0. The molecule has 0 saturated heterocycles. The van der Waals surface area contributed by atoms with Crippen molar-refractivity contribution in [1.82, 2.24) is 9.66 Å². The number of para-hydroxylation sites is 1. The highest BCUT2D eigenvalue weighted by atomic mass is 16.1. The van der Waals surface area contributed by atoms with E-state index in [9.17, 15) is 4.79 Å². The smallest absolute Gasteiger partial charge is 0.267 e. The van der Waals surface area contributed by atoms with Crippen molar-refractivity contribution in [2.75, 3.05) is 0 Å². The van der Waals surface area contributed by atoms with Crippen molar-refractivity contribution in [1.29, 1.82) is 0 Å². The van der Waals surface area contributed by atoms with Crippen molar-refractivity contribution >= 4 is 23.2 Å². The second-order valence-corrected chi connectivity index (χ2v) is 5.97. The zero-order chi connectivity index (χ0) is 18.5. The fraction of sp³-hybridized carbons (Fsp3) is 0. The molecule has 0 aliphatic rings. The van der Waals surface area contributed by atoms with Gasteiger partial charge in [-0.05, 0) is 23.8 Å². The Bertz CT molecular complexity index is 1180. The van der Waals surface area contributed by atoms with Crippen LogP contribution in [0.1, 0.15) is 5.56 Å². The van der Waals surface area contributed by atoms with Gasteiger partial charge < -0.3 is 0 Å². The lowest BCUT2D eigenvalue weighted by atomic mass is 10.2. The van der Waals surface area contributed by atoms with Gasteiger partial charge in [-0.3, -0.25) is 4.79 Å². The van der Waals surface area contributed by atoms with Crippen LogP contribution in [0.25, 0.3) is 28.4 Å². The van der Waals surface area contributed by atoms with Crippen LogP contribution in [0.5, 0.6) is 0 Å². The van der Waals surface area contributed by atoms with E-state index in [4.69, 9.17) is 0 Å². The number of fused-ring (bicyclic) bond motifs is 1. The summed E-state index contributed by atoms with van der Waals surface area (Å²) in [5.41, 5.74) is 2.37. The third kappa shape index (κ3) is 3.60. The number of aromatic nitrogens is 2. The van der Waals surface area contributed by atoms with Crippen LogP contribution in [0, 0.1) is 0 Å². The topological polar surface area (TPSA) is 47.2 Å². The van der Waals surface area contributed by atoms with E-state index in [0.717, 1.165) is 11.1 Å². The minimum absolute atomic E-state index is 0.191. The summed E-state index contributed by atoms with van der Waals surface area (Å²) in [5, 5.41) is 4.92. The summed E-state index contributed by atoms with van der Waals surface area (Å²) >= 11 is 0. The maximum atomic E-state index is 13.0. The number of allylic oxidation sites excluding steroid dienone is 1. The molecule has 0 aliphatic carbocycles. The monoisotopic (exact) mass is 351 g/mol. The molecule has 3 aromatic carbocycles. The van der Waals surface area contributed by atoms with Gasteiger partial charge in [0.2, 0.25) is 0 Å². The molecule has 4 heteroatoms. The fourth-order valence-electron chi connectivity index (χ4n) is 2.83. The zero-order valence-corrected chi connectivity index (χ0v) is 14.6. The van der Waals surface area contributed by atoms with E-state index in [-0.39, 0.29) is 5.56 Å². The third-order valence-electron chi connectivity index (χ3n) is 4.14. The molecule has 0 amide bonds. The van der Waals surface area contributed by atoms with Crippen molar-refractivity contribution in [3.05, 3.63) is 107 Å². The molecule has 1 heterocycles. The van der Waals surface area contributed by atoms with Crippen LogP contribution in [0.15, 0.2) is 101 Å². The molecule has 0 spiro atoms. The van der Waals surface area contributed by atoms with Gasteiger partial charge in [0.1, 0.15) is 0 Å². The average Bonchev–Trinajstić information content (AvgIpc) is 2.74. The van der Waals surface area contributed by atoms with Gasteiger partial charge in [0.25, 0.3) is 5.56 Å². The Kier molecular flexibility index (Phi) is 4.70. The van der Waals surface area contributed by atoms with Crippen molar-refractivity contribution in [3.8, 4) is 11.4 Å². The molecule has 0 aliphatic heterocycles. The molecule has 0 N–H and O–H groups in total. The highest BCUT2D eigenvalue weighted by Gasteiger charge is 2.11. The van der Waals surface area contributed by atoms with Crippen LogP contribution < -0.4 is 5.56 Å². The SMILES string of the molecule is O=c1c2ccccc2nc(-c2ccccc2)n1N=C/C=C/c1ccccc1. The highest BCUT2D eigenvalue weighted by molar-refractivity contribution is 5.81. The van der Waals surface area contributed by atoms with Crippen LogP contribution in [0.2, 0.25) is 0 Å². The van der Waals surface area contributed by atoms with Gasteiger partial charge in [0, 0.05) is 11.8 Å². The maximum Gasteiger partial charge on any atom is 0.282 e. The molecule has 4 aromatic rings. The van der Waals surface area contributed by atoms with Crippen molar-refractivity contribution in [3.63, 3.8) is 0 Å². The molecule has 0 saturated carbocycles. The van der Waals surface area contributed by atoms with E-state index >= 15 is 0 Å². The Morgan fingerprint density at radius 3 is 2.26 bits per heavy atom. The van der Waals surface area contributed by atoms with E-state index in [2.05, 4.69) is 10.1 Å².